The third-order valence-corrected chi connectivity index (χ3v) is 8.04. The summed E-state index contributed by atoms with van der Waals surface area (Å²) in [5.41, 5.74) is -0.959. The normalized spacial score (nSPS) is 27.5. The van der Waals surface area contributed by atoms with Gasteiger partial charge in [-0.1, -0.05) is 18.2 Å². The van der Waals surface area contributed by atoms with Gasteiger partial charge in [-0.05, 0) is 19.1 Å². The molecule has 0 aliphatic carbocycles. The van der Waals surface area contributed by atoms with Crippen LogP contribution in [0.25, 0.3) is 0 Å². The molecule has 2 aliphatic rings. The maximum Gasteiger partial charge on any atom is 0.312 e. The maximum absolute atomic E-state index is 12.1. The van der Waals surface area contributed by atoms with Crippen LogP contribution in [0.4, 0.5) is 0 Å². The van der Waals surface area contributed by atoms with Gasteiger partial charge in [-0.15, -0.1) is 11.8 Å². The van der Waals surface area contributed by atoms with E-state index in [1.54, 1.807) is 18.7 Å². The van der Waals surface area contributed by atoms with E-state index in [9.17, 15) is 18.3 Å². The van der Waals surface area contributed by atoms with Gasteiger partial charge in [-0.25, -0.2) is 12.7 Å². The van der Waals surface area contributed by atoms with Crippen molar-refractivity contribution < 1.29 is 18.3 Å². The van der Waals surface area contributed by atoms with E-state index in [0.717, 1.165) is 12.3 Å². The highest BCUT2D eigenvalue weighted by Crippen LogP contribution is 2.43. The quantitative estimate of drug-likeness (QED) is 0.717. The number of fused-ring (bicyclic) bond motifs is 1. The summed E-state index contributed by atoms with van der Waals surface area (Å²) in [4.78, 5) is 15.3. The maximum atomic E-state index is 12.1. The van der Waals surface area contributed by atoms with Gasteiger partial charge in [0.15, 0.2) is 0 Å². The van der Waals surface area contributed by atoms with Gasteiger partial charge < -0.3 is 10.0 Å². The molecule has 0 radical (unpaired) electrons. The highest BCUT2D eigenvalue weighted by atomic mass is 32.2. The summed E-state index contributed by atoms with van der Waals surface area (Å²) in [6.07, 6.45) is 0. The number of carboxylic acid groups (broad SMARTS) is 1. The van der Waals surface area contributed by atoms with Gasteiger partial charge in [0, 0.05) is 49.3 Å². The predicted molar refractivity (Wildman–Crippen MR) is 98.2 cm³/mol. The molecule has 2 heterocycles. The fourth-order valence-corrected chi connectivity index (χ4v) is 5.93. The number of sulfonamides is 1. The summed E-state index contributed by atoms with van der Waals surface area (Å²) < 4.78 is 25.6. The van der Waals surface area contributed by atoms with Crippen LogP contribution >= 0.6 is 11.8 Å². The first-order chi connectivity index (χ1) is 11.9. The summed E-state index contributed by atoms with van der Waals surface area (Å²) in [6, 6.07) is 10.1. The summed E-state index contributed by atoms with van der Waals surface area (Å²) in [5.74, 6) is -0.0893. The van der Waals surface area contributed by atoms with Gasteiger partial charge >= 0.3 is 5.97 Å². The van der Waals surface area contributed by atoms with Crippen LogP contribution < -0.4 is 0 Å². The van der Waals surface area contributed by atoms with Crippen LogP contribution in [0.1, 0.15) is 6.92 Å². The molecule has 1 aromatic carbocycles. The Morgan fingerprint density at radius 3 is 2.60 bits per heavy atom. The minimum Gasteiger partial charge on any atom is -0.481 e. The third kappa shape index (κ3) is 3.72. The lowest BCUT2D eigenvalue weighted by atomic mass is 9.81. The second kappa shape index (κ2) is 7.26. The Kier molecular flexibility index (Phi) is 5.43. The van der Waals surface area contributed by atoms with Gasteiger partial charge in [0.1, 0.15) is 0 Å². The van der Waals surface area contributed by atoms with Crippen molar-refractivity contribution in [2.45, 2.75) is 11.8 Å². The second-order valence-electron chi connectivity index (χ2n) is 6.75. The summed E-state index contributed by atoms with van der Waals surface area (Å²) in [5, 5.41) is 9.80. The summed E-state index contributed by atoms with van der Waals surface area (Å²) in [6.45, 7) is 3.92. The number of thioether (sulfide) groups is 1. The van der Waals surface area contributed by atoms with E-state index in [0.29, 0.717) is 19.6 Å². The number of rotatable bonds is 7. The van der Waals surface area contributed by atoms with Gasteiger partial charge in [0.25, 0.3) is 0 Å². The highest BCUT2D eigenvalue weighted by Gasteiger charge is 2.59. The zero-order valence-corrected chi connectivity index (χ0v) is 15.9. The van der Waals surface area contributed by atoms with E-state index >= 15 is 0 Å². The summed E-state index contributed by atoms with van der Waals surface area (Å²) in [7, 11) is -3.33. The van der Waals surface area contributed by atoms with E-state index in [1.807, 2.05) is 18.2 Å². The zero-order chi connectivity index (χ0) is 18.1. The van der Waals surface area contributed by atoms with Crippen molar-refractivity contribution in [3.05, 3.63) is 30.3 Å². The summed E-state index contributed by atoms with van der Waals surface area (Å²) >= 11 is 1.76. The number of hydrogen-bond acceptors (Lipinski definition) is 5. The third-order valence-electron chi connectivity index (χ3n) is 5.25. The van der Waals surface area contributed by atoms with E-state index in [4.69, 9.17) is 0 Å². The molecule has 3 rings (SSSR count). The molecule has 8 heteroatoms. The largest absolute Gasteiger partial charge is 0.481 e. The fourth-order valence-electron chi connectivity index (χ4n) is 3.80. The molecule has 138 valence electrons. The first-order valence-corrected chi connectivity index (χ1v) is 11.1. The SMILES string of the molecule is CCS(=O)(=O)N1C[C@H]2CN(CCSc3ccccc3)C[C@@]2(C(=O)O)C1. The van der Waals surface area contributed by atoms with Crippen LogP contribution in [0.2, 0.25) is 0 Å². The van der Waals surface area contributed by atoms with Crippen LogP contribution in [-0.4, -0.2) is 72.9 Å². The first kappa shape index (κ1) is 18.7. The van der Waals surface area contributed by atoms with Gasteiger partial charge in [-0.2, -0.15) is 0 Å². The molecule has 0 saturated carbocycles. The molecule has 2 aliphatic heterocycles. The molecular weight excluding hydrogens is 360 g/mol. The molecule has 2 atom stereocenters. The number of carbonyl (C=O) groups is 1. The Bertz CT molecular complexity index is 725. The van der Waals surface area contributed by atoms with E-state index in [2.05, 4.69) is 17.0 Å². The number of likely N-dealkylation sites (tertiary alicyclic amines) is 1. The highest BCUT2D eigenvalue weighted by molar-refractivity contribution is 7.99. The van der Waals surface area contributed by atoms with E-state index < -0.39 is 21.4 Å². The van der Waals surface area contributed by atoms with E-state index in [1.165, 1.54) is 9.20 Å². The van der Waals surface area contributed by atoms with Crippen molar-refractivity contribution in [3.8, 4) is 0 Å². The van der Waals surface area contributed by atoms with Crippen molar-refractivity contribution in [3.63, 3.8) is 0 Å². The minimum atomic E-state index is -3.33. The average molecular weight is 385 g/mol. The number of benzene rings is 1. The van der Waals surface area contributed by atoms with Crippen LogP contribution in [0.5, 0.6) is 0 Å². The van der Waals surface area contributed by atoms with Crippen LogP contribution in [-0.2, 0) is 14.8 Å². The molecule has 1 N–H and O–H groups in total. The molecular formula is C17H24N2O4S2. The lowest BCUT2D eigenvalue weighted by molar-refractivity contribution is -0.148. The van der Waals surface area contributed by atoms with Gasteiger partial charge in [0.05, 0.1) is 11.2 Å². The Morgan fingerprint density at radius 1 is 1.28 bits per heavy atom. The minimum absolute atomic E-state index is 0.0207. The van der Waals surface area contributed by atoms with Gasteiger partial charge in [-0.3, -0.25) is 4.79 Å². The number of nitrogens with zero attached hydrogens (tertiary/aromatic N) is 2. The molecule has 0 spiro atoms. The van der Waals surface area contributed by atoms with Crippen molar-refractivity contribution in [1.82, 2.24) is 9.21 Å². The number of carboxylic acids is 1. The topological polar surface area (TPSA) is 77.9 Å². The fraction of sp³-hybridized carbons (Fsp3) is 0.588. The smallest absolute Gasteiger partial charge is 0.312 e. The lowest BCUT2D eigenvalue weighted by Crippen LogP contribution is -2.42. The Morgan fingerprint density at radius 2 is 2.00 bits per heavy atom. The first-order valence-electron chi connectivity index (χ1n) is 8.49. The molecule has 2 saturated heterocycles. The molecule has 2 fully saturated rings. The van der Waals surface area contributed by atoms with E-state index in [-0.39, 0.29) is 18.2 Å². The molecule has 0 aromatic heterocycles. The van der Waals surface area contributed by atoms with Crippen molar-refractivity contribution in [2.24, 2.45) is 11.3 Å². The molecule has 0 bridgehead atoms. The van der Waals surface area contributed by atoms with Crippen molar-refractivity contribution in [2.75, 3.05) is 44.2 Å². The van der Waals surface area contributed by atoms with Crippen LogP contribution in [0, 0.1) is 11.3 Å². The Hall–Kier alpha value is -1.09. The number of hydrogen-bond donors (Lipinski definition) is 1. The van der Waals surface area contributed by atoms with Crippen molar-refractivity contribution in [1.29, 1.82) is 0 Å². The molecule has 25 heavy (non-hydrogen) atoms. The average Bonchev–Trinajstić information content (AvgIpc) is 3.11. The molecule has 6 nitrogen and oxygen atoms in total. The number of aliphatic carboxylic acids is 1. The Labute approximate surface area is 153 Å². The molecule has 1 aromatic rings. The molecule has 0 unspecified atom stereocenters. The molecule has 0 amide bonds. The van der Waals surface area contributed by atoms with Crippen LogP contribution in [0.3, 0.4) is 0 Å². The zero-order valence-electron chi connectivity index (χ0n) is 14.3. The standard InChI is InChI=1S/C17H24N2O4S2/c1-2-25(22,23)19-11-14-10-18(12-17(14,13-19)16(20)21)8-9-24-15-6-4-3-5-7-15/h3-7,14H,2,8-13H2,1H3,(H,20,21)/t14-,17-/m1/s1. The second-order valence-corrected chi connectivity index (χ2v) is 10.2. The van der Waals surface area contributed by atoms with Crippen LogP contribution in [0.15, 0.2) is 35.2 Å². The predicted octanol–water partition coefficient (Wildman–Crippen LogP) is 1.45. The lowest BCUT2D eigenvalue weighted by Gasteiger charge is -2.25. The monoisotopic (exact) mass is 384 g/mol. The van der Waals surface area contributed by atoms with Crippen molar-refractivity contribution >= 4 is 27.8 Å². The van der Waals surface area contributed by atoms with Gasteiger partial charge in [0.2, 0.25) is 10.0 Å². The Balaban J connectivity index is 1.61.